The molecule has 0 radical (unpaired) electrons. The average Bonchev–Trinajstić information content (AvgIpc) is 3.48. The second-order valence-electron chi connectivity index (χ2n) is 6.52. The summed E-state index contributed by atoms with van der Waals surface area (Å²) in [5.74, 6) is 1.96. The topological polar surface area (TPSA) is 59.8 Å². The summed E-state index contributed by atoms with van der Waals surface area (Å²) in [6, 6.07) is 6.08. The summed E-state index contributed by atoms with van der Waals surface area (Å²) in [6.45, 7) is 1.94. The summed E-state index contributed by atoms with van der Waals surface area (Å²) < 4.78 is 2.26. The number of anilines is 1. The second kappa shape index (κ2) is 6.41. The zero-order valence-electron chi connectivity index (χ0n) is 13.5. The van der Waals surface area contributed by atoms with Gasteiger partial charge in [-0.25, -0.2) is 0 Å². The van der Waals surface area contributed by atoms with E-state index in [1.165, 1.54) is 37.4 Å². The number of aromatic nitrogens is 3. The molecule has 0 bridgehead atoms. The molecule has 1 aromatic heterocycles. The minimum absolute atomic E-state index is 0.0572. The van der Waals surface area contributed by atoms with Gasteiger partial charge in [0.2, 0.25) is 5.91 Å². The Morgan fingerprint density at radius 3 is 2.79 bits per heavy atom. The molecule has 0 atom stereocenters. The molecular weight excluding hydrogens is 344 g/mol. The Balaban J connectivity index is 1.39. The molecule has 7 heteroatoms. The molecule has 0 spiro atoms. The largest absolute Gasteiger partial charge is 0.325 e. The number of nitrogens with one attached hydrogen (secondary N) is 1. The van der Waals surface area contributed by atoms with E-state index in [0.29, 0.717) is 22.7 Å². The summed E-state index contributed by atoms with van der Waals surface area (Å²) in [5.41, 5.74) is 1.72. The fourth-order valence-corrected chi connectivity index (χ4v) is 3.67. The van der Waals surface area contributed by atoms with Gasteiger partial charge in [0.25, 0.3) is 0 Å². The molecule has 1 aromatic carbocycles. The van der Waals surface area contributed by atoms with Crippen LogP contribution >= 0.6 is 23.4 Å². The Morgan fingerprint density at radius 1 is 1.33 bits per heavy atom. The monoisotopic (exact) mass is 362 g/mol. The number of carbonyl (C=O) groups excluding carboxylic acids is 1. The third-order valence-electron chi connectivity index (χ3n) is 4.33. The first kappa shape index (κ1) is 16.0. The lowest BCUT2D eigenvalue weighted by atomic mass is 10.2. The standard InChI is InChI=1S/C17H19ClN4OS/c1-10-2-5-12(8-14(10)18)19-15(23)9-24-17-21-20-16(11-3-4-11)22(17)13-6-7-13/h2,5,8,11,13H,3-4,6-7,9H2,1H3,(H,19,23). The van der Waals surface area contributed by atoms with Crippen molar-refractivity contribution in [1.82, 2.24) is 14.8 Å². The minimum atomic E-state index is -0.0572. The summed E-state index contributed by atoms with van der Waals surface area (Å²) >= 11 is 7.55. The van der Waals surface area contributed by atoms with Gasteiger partial charge < -0.3 is 9.88 Å². The minimum Gasteiger partial charge on any atom is -0.325 e. The van der Waals surface area contributed by atoms with E-state index in [9.17, 15) is 4.79 Å². The van der Waals surface area contributed by atoms with Crippen LogP contribution in [0.1, 0.15) is 49.0 Å². The van der Waals surface area contributed by atoms with E-state index in [-0.39, 0.29) is 5.91 Å². The van der Waals surface area contributed by atoms with Gasteiger partial charge in [0, 0.05) is 22.7 Å². The van der Waals surface area contributed by atoms with Gasteiger partial charge in [-0.05, 0) is 50.3 Å². The van der Waals surface area contributed by atoms with Crippen LogP contribution in [0, 0.1) is 6.92 Å². The van der Waals surface area contributed by atoms with Crippen LogP contribution in [0.15, 0.2) is 23.4 Å². The molecule has 1 heterocycles. The van der Waals surface area contributed by atoms with E-state index >= 15 is 0 Å². The average molecular weight is 363 g/mol. The van der Waals surface area contributed by atoms with Gasteiger partial charge in [0.05, 0.1) is 5.75 Å². The highest BCUT2D eigenvalue weighted by Crippen LogP contribution is 2.45. The predicted octanol–water partition coefficient (Wildman–Crippen LogP) is 4.18. The number of amides is 1. The Bertz CT molecular complexity index is 783. The molecule has 4 rings (SSSR count). The highest BCUT2D eigenvalue weighted by atomic mass is 35.5. The number of halogens is 1. The van der Waals surface area contributed by atoms with Crippen LogP contribution in [0.3, 0.4) is 0 Å². The number of aryl methyl sites for hydroxylation is 1. The van der Waals surface area contributed by atoms with Crippen molar-refractivity contribution in [2.75, 3.05) is 11.1 Å². The van der Waals surface area contributed by atoms with Gasteiger partial charge in [0.15, 0.2) is 5.16 Å². The fourth-order valence-electron chi connectivity index (χ4n) is 2.68. The molecule has 0 aliphatic heterocycles. The Kier molecular flexibility index (Phi) is 4.26. The molecule has 1 amide bonds. The molecule has 2 aliphatic carbocycles. The first-order valence-electron chi connectivity index (χ1n) is 8.25. The van der Waals surface area contributed by atoms with Crippen LogP contribution < -0.4 is 5.32 Å². The number of rotatable bonds is 6. The van der Waals surface area contributed by atoms with Crippen molar-refractivity contribution >= 4 is 35.0 Å². The molecule has 126 valence electrons. The maximum atomic E-state index is 12.2. The maximum Gasteiger partial charge on any atom is 0.234 e. The van der Waals surface area contributed by atoms with Crippen molar-refractivity contribution in [2.24, 2.45) is 0 Å². The van der Waals surface area contributed by atoms with Gasteiger partial charge >= 0.3 is 0 Å². The molecule has 1 N–H and O–H groups in total. The summed E-state index contributed by atoms with van der Waals surface area (Å²) in [6.07, 6.45) is 4.81. The highest BCUT2D eigenvalue weighted by molar-refractivity contribution is 7.99. The van der Waals surface area contributed by atoms with E-state index in [0.717, 1.165) is 22.2 Å². The van der Waals surface area contributed by atoms with Crippen LogP contribution in [0.25, 0.3) is 0 Å². The first-order chi connectivity index (χ1) is 11.6. The molecule has 0 unspecified atom stereocenters. The number of benzene rings is 1. The molecule has 5 nitrogen and oxygen atoms in total. The molecule has 24 heavy (non-hydrogen) atoms. The number of nitrogens with zero attached hydrogens (tertiary/aromatic N) is 3. The smallest absolute Gasteiger partial charge is 0.234 e. The van der Waals surface area contributed by atoms with Crippen molar-refractivity contribution in [3.05, 3.63) is 34.6 Å². The second-order valence-corrected chi connectivity index (χ2v) is 7.87. The zero-order valence-corrected chi connectivity index (χ0v) is 15.0. The van der Waals surface area contributed by atoms with Crippen molar-refractivity contribution in [3.63, 3.8) is 0 Å². The van der Waals surface area contributed by atoms with Crippen LogP contribution in [0.5, 0.6) is 0 Å². The molecule has 0 saturated heterocycles. The van der Waals surface area contributed by atoms with Crippen LogP contribution in [0.4, 0.5) is 5.69 Å². The van der Waals surface area contributed by atoms with Gasteiger partial charge in [0.1, 0.15) is 5.82 Å². The number of hydrogen-bond donors (Lipinski definition) is 1. The maximum absolute atomic E-state index is 12.2. The lowest BCUT2D eigenvalue weighted by molar-refractivity contribution is -0.113. The van der Waals surface area contributed by atoms with Gasteiger partial charge in [-0.2, -0.15) is 0 Å². The Hall–Kier alpha value is -1.53. The van der Waals surface area contributed by atoms with E-state index in [1.54, 1.807) is 6.07 Å². The molecular formula is C17H19ClN4OS. The molecule has 2 aromatic rings. The van der Waals surface area contributed by atoms with E-state index in [2.05, 4.69) is 20.1 Å². The van der Waals surface area contributed by atoms with Crippen LogP contribution in [-0.2, 0) is 4.79 Å². The van der Waals surface area contributed by atoms with E-state index < -0.39 is 0 Å². The number of thioether (sulfide) groups is 1. The normalized spacial score (nSPS) is 17.1. The first-order valence-corrected chi connectivity index (χ1v) is 9.62. The quantitative estimate of drug-likeness (QED) is 0.783. The molecule has 2 saturated carbocycles. The van der Waals surface area contributed by atoms with Gasteiger partial charge in [-0.15, -0.1) is 10.2 Å². The fraction of sp³-hybridized carbons (Fsp3) is 0.471. The van der Waals surface area contributed by atoms with Gasteiger partial charge in [-0.1, -0.05) is 29.4 Å². The van der Waals surface area contributed by atoms with Crippen molar-refractivity contribution in [3.8, 4) is 0 Å². The predicted molar refractivity (Wildman–Crippen MR) is 95.8 cm³/mol. The highest BCUT2D eigenvalue weighted by Gasteiger charge is 2.36. The van der Waals surface area contributed by atoms with Crippen LogP contribution in [-0.4, -0.2) is 26.4 Å². The Labute approximate surface area is 150 Å². The number of carbonyl (C=O) groups is 1. The summed E-state index contributed by atoms with van der Waals surface area (Å²) in [7, 11) is 0. The van der Waals surface area contributed by atoms with Crippen LogP contribution in [0.2, 0.25) is 5.02 Å². The Morgan fingerprint density at radius 2 is 2.12 bits per heavy atom. The third-order valence-corrected chi connectivity index (χ3v) is 5.68. The number of hydrogen-bond acceptors (Lipinski definition) is 4. The lowest BCUT2D eigenvalue weighted by Gasteiger charge is -2.09. The molecule has 2 aliphatic rings. The van der Waals surface area contributed by atoms with Gasteiger partial charge in [-0.3, -0.25) is 4.79 Å². The third kappa shape index (κ3) is 3.44. The summed E-state index contributed by atoms with van der Waals surface area (Å²) in [4.78, 5) is 12.2. The lowest BCUT2D eigenvalue weighted by Crippen LogP contribution is -2.14. The van der Waals surface area contributed by atoms with E-state index in [1.807, 2.05) is 19.1 Å². The van der Waals surface area contributed by atoms with Crippen molar-refractivity contribution < 1.29 is 4.79 Å². The van der Waals surface area contributed by atoms with E-state index in [4.69, 9.17) is 11.6 Å². The SMILES string of the molecule is Cc1ccc(NC(=O)CSc2nnc(C3CC3)n2C2CC2)cc1Cl. The van der Waals surface area contributed by atoms with Crippen molar-refractivity contribution in [1.29, 1.82) is 0 Å². The molecule has 2 fully saturated rings. The van der Waals surface area contributed by atoms with Crippen molar-refractivity contribution in [2.45, 2.75) is 49.7 Å². The zero-order chi connectivity index (χ0) is 16.7. The summed E-state index contributed by atoms with van der Waals surface area (Å²) in [5, 5.41) is 13.1.